The van der Waals surface area contributed by atoms with Gasteiger partial charge >= 0.3 is 0 Å². The molecule has 0 aliphatic carbocycles. The highest BCUT2D eigenvalue weighted by Gasteiger charge is 2.08. The summed E-state index contributed by atoms with van der Waals surface area (Å²) in [6.07, 6.45) is 1.15. The van der Waals surface area contributed by atoms with Gasteiger partial charge in [-0.25, -0.2) is 4.98 Å². The van der Waals surface area contributed by atoms with Gasteiger partial charge in [-0.3, -0.25) is 20.2 Å². The summed E-state index contributed by atoms with van der Waals surface area (Å²) in [4.78, 5) is 23.8. The van der Waals surface area contributed by atoms with Crippen LogP contribution in [-0.4, -0.2) is 14.8 Å². The molecule has 2 aromatic rings. The molecule has 0 bridgehead atoms. The molecule has 90 valence electrons. The highest BCUT2D eigenvalue weighted by atomic mass is 16.6. The third kappa shape index (κ3) is 2.29. The Balaban J connectivity index is 2.31. The quantitative estimate of drug-likeness (QED) is 0.611. The highest BCUT2D eigenvalue weighted by Crippen LogP contribution is 2.22. The summed E-state index contributed by atoms with van der Waals surface area (Å²) < 4.78 is 0. The van der Waals surface area contributed by atoms with Gasteiger partial charge in [-0.05, 0) is 18.2 Å². The first-order chi connectivity index (χ1) is 8.58. The molecule has 0 saturated carbocycles. The minimum atomic E-state index is -0.535. The number of non-ortho nitro benzene ring substituents is 1. The summed E-state index contributed by atoms with van der Waals surface area (Å²) in [7, 11) is 0. The number of hydrogen-bond donors (Lipinski definition) is 0. The fourth-order valence-electron chi connectivity index (χ4n) is 1.42. The van der Waals surface area contributed by atoms with E-state index in [1.165, 1.54) is 24.3 Å². The Morgan fingerprint density at radius 3 is 1.83 bits per heavy atom. The van der Waals surface area contributed by atoms with Gasteiger partial charge in [-0.15, -0.1) is 0 Å². The van der Waals surface area contributed by atoms with Gasteiger partial charge in [0.1, 0.15) is 6.20 Å². The number of hydrogen-bond acceptors (Lipinski definition) is 5. The van der Waals surface area contributed by atoms with Gasteiger partial charge in [0, 0.05) is 23.8 Å². The molecule has 0 fully saturated rings. The molecule has 0 atom stereocenters. The summed E-state index contributed by atoms with van der Waals surface area (Å²) >= 11 is 0. The van der Waals surface area contributed by atoms with Crippen LogP contribution in [0.2, 0.25) is 0 Å². The van der Waals surface area contributed by atoms with Crippen molar-refractivity contribution < 1.29 is 9.85 Å². The first-order valence-electron chi connectivity index (χ1n) is 4.93. The predicted molar refractivity (Wildman–Crippen MR) is 63.0 cm³/mol. The van der Waals surface area contributed by atoms with Gasteiger partial charge in [0.2, 0.25) is 0 Å². The summed E-state index contributed by atoms with van der Waals surface area (Å²) in [5.74, 6) is 0. The zero-order valence-corrected chi connectivity index (χ0v) is 9.02. The number of nitro groups is 2. The van der Waals surface area contributed by atoms with E-state index in [0.717, 1.165) is 6.20 Å². The second-order valence-corrected chi connectivity index (χ2v) is 3.46. The van der Waals surface area contributed by atoms with Crippen LogP contribution >= 0.6 is 0 Å². The molecule has 1 heterocycles. The van der Waals surface area contributed by atoms with Crippen LogP contribution < -0.4 is 0 Å². The topological polar surface area (TPSA) is 99.2 Å². The van der Waals surface area contributed by atoms with E-state index in [9.17, 15) is 20.2 Å². The van der Waals surface area contributed by atoms with Crippen LogP contribution in [0.25, 0.3) is 11.3 Å². The average molecular weight is 245 g/mol. The van der Waals surface area contributed by atoms with Crippen molar-refractivity contribution in [3.63, 3.8) is 0 Å². The van der Waals surface area contributed by atoms with Crippen molar-refractivity contribution in [1.82, 2.24) is 4.98 Å². The van der Waals surface area contributed by atoms with E-state index >= 15 is 0 Å². The lowest BCUT2D eigenvalue weighted by Gasteiger charge is -1.99. The Morgan fingerprint density at radius 2 is 1.39 bits per heavy atom. The second-order valence-electron chi connectivity index (χ2n) is 3.46. The van der Waals surface area contributed by atoms with E-state index < -0.39 is 9.85 Å². The van der Waals surface area contributed by atoms with E-state index in [1.54, 1.807) is 12.1 Å². The van der Waals surface area contributed by atoms with Crippen molar-refractivity contribution in [2.24, 2.45) is 0 Å². The number of nitro benzene ring substituents is 1. The van der Waals surface area contributed by atoms with Crippen LogP contribution in [0.15, 0.2) is 42.6 Å². The lowest BCUT2D eigenvalue weighted by Crippen LogP contribution is -1.91. The molecule has 7 heteroatoms. The molecule has 2 rings (SSSR count). The molecule has 0 aliphatic heterocycles. The number of benzene rings is 1. The molecular weight excluding hydrogens is 238 g/mol. The Hall–Kier alpha value is -2.83. The molecule has 0 radical (unpaired) electrons. The predicted octanol–water partition coefficient (Wildman–Crippen LogP) is 2.57. The average Bonchev–Trinajstić information content (AvgIpc) is 2.39. The minimum Gasteiger partial charge on any atom is -0.258 e. The van der Waals surface area contributed by atoms with Crippen LogP contribution in [0, 0.1) is 20.2 Å². The van der Waals surface area contributed by atoms with Crippen molar-refractivity contribution in [2.75, 3.05) is 0 Å². The van der Waals surface area contributed by atoms with Crippen LogP contribution in [-0.2, 0) is 0 Å². The van der Waals surface area contributed by atoms with Gasteiger partial charge in [0.05, 0.1) is 15.5 Å². The van der Waals surface area contributed by atoms with Crippen LogP contribution in [0.1, 0.15) is 0 Å². The van der Waals surface area contributed by atoms with Gasteiger partial charge in [-0.1, -0.05) is 0 Å². The van der Waals surface area contributed by atoms with Gasteiger partial charge in [-0.2, -0.15) is 0 Å². The molecule has 18 heavy (non-hydrogen) atoms. The maximum absolute atomic E-state index is 10.5. The summed E-state index contributed by atoms with van der Waals surface area (Å²) in [5, 5.41) is 20.9. The zero-order valence-electron chi connectivity index (χ0n) is 9.02. The van der Waals surface area contributed by atoms with Gasteiger partial charge < -0.3 is 0 Å². The molecule has 0 aliphatic rings. The Bertz CT molecular complexity index is 537. The summed E-state index contributed by atoms with van der Waals surface area (Å²) in [6, 6.07) is 8.65. The smallest absolute Gasteiger partial charge is 0.258 e. The van der Waals surface area contributed by atoms with Crippen LogP contribution in [0.5, 0.6) is 0 Å². The van der Waals surface area contributed by atoms with Crippen molar-refractivity contribution in [1.29, 1.82) is 0 Å². The third-order valence-corrected chi connectivity index (χ3v) is 2.33. The van der Waals surface area contributed by atoms with E-state index in [4.69, 9.17) is 0 Å². The van der Waals surface area contributed by atoms with Crippen LogP contribution in [0.4, 0.5) is 11.4 Å². The van der Waals surface area contributed by atoms with E-state index in [0.29, 0.717) is 11.3 Å². The molecule has 0 spiro atoms. The first kappa shape index (κ1) is 11.6. The molecule has 1 aromatic heterocycles. The van der Waals surface area contributed by atoms with Crippen molar-refractivity contribution in [3.05, 3.63) is 62.8 Å². The summed E-state index contributed by atoms with van der Waals surface area (Å²) in [5.41, 5.74) is 1.08. The number of rotatable bonds is 3. The largest absolute Gasteiger partial charge is 0.287 e. The maximum atomic E-state index is 10.5. The zero-order chi connectivity index (χ0) is 13.1. The maximum Gasteiger partial charge on any atom is 0.287 e. The number of aromatic nitrogens is 1. The molecule has 0 N–H and O–H groups in total. The Kier molecular flexibility index (Phi) is 2.96. The normalized spacial score (nSPS) is 10.0. The molecule has 0 unspecified atom stereocenters. The highest BCUT2D eigenvalue weighted by molar-refractivity contribution is 5.61. The first-order valence-corrected chi connectivity index (χ1v) is 4.93. The standard InChI is InChI=1S/C11H7N3O4/c15-13(16)9-3-1-8(2-4-9)11-6-5-10(7-12-11)14(17)18/h1-7H. The van der Waals surface area contributed by atoms with Gasteiger partial charge in [0.15, 0.2) is 0 Å². The molecule has 0 saturated heterocycles. The number of pyridine rings is 1. The Labute approximate surface area is 101 Å². The van der Waals surface area contributed by atoms with Crippen molar-refractivity contribution >= 4 is 11.4 Å². The third-order valence-electron chi connectivity index (χ3n) is 2.33. The van der Waals surface area contributed by atoms with E-state index in [2.05, 4.69) is 4.98 Å². The fourth-order valence-corrected chi connectivity index (χ4v) is 1.42. The SMILES string of the molecule is O=[N+]([O-])c1ccc(-c2ccc([N+](=O)[O-])cn2)cc1. The number of nitrogens with zero attached hydrogens (tertiary/aromatic N) is 3. The second kappa shape index (κ2) is 4.58. The minimum absolute atomic E-state index is 0.0133. The van der Waals surface area contributed by atoms with E-state index in [-0.39, 0.29) is 11.4 Å². The lowest BCUT2D eigenvalue weighted by atomic mass is 10.1. The fraction of sp³-hybridized carbons (Fsp3) is 0. The van der Waals surface area contributed by atoms with Crippen LogP contribution in [0.3, 0.4) is 0 Å². The lowest BCUT2D eigenvalue weighted by molar-refractivity contribution is -0.385. The van der Waals surface area contributed by atoms with Crippen molar-refractivity contribution in [2.45, 2.75) is 0 Å². The Morgan fingerprint density at radius 1 is 0.833 bits per heavy atom. The molecular formula is C11H7N3O4. The molecule has 0 amide bonds. The summed E-state index contributed by atoms with van der Waals surface area (Å²) in [6.45, 7) is 0. The van der Waals surface area contributed by atoms with Crippen molar-refractivity contribution in [3.8, 4) is 11.3 Å². The van der Waals surface area contributed by atoms with Gasteiger partial charge in [0.25, 0.3) is 11.4 Å². The monoisotopic (exact) mass is 245 g/mol. The molecule has 1 aromatic carbocycles. The van der Waals surface area contributed by atoms with E-state index in [1.807, 2.05) is 0 Å². The molecule has 7 nitrogen and oxygen atoms in total.